The Balaban J connectivity index is 1.68. The zero-order chi connectivity index (χ0) is 27.5. The Morgan fingerprint density at radius 1 is 0.921 bits per heavy atom. The van der Waals surface area contributed by atoms with Crippen LogP contribution < -0.4 is 10.5 Å². The molecule has 38 heavy (non-hydrogen) atoms. The molecule has 8 nitrogen and oxygen atoms in total. The minimum absolute atomic E-state index is 0.0671. The molecule has 0 saturated heterocycles. The molecule has 3 rings (SSSR count). The molecule has 8 heteroatoms. The highest BCUT2D eigenvalue weighted by Gasteiger charge is 2.18. The molecule has 0 atom stereocenters. The first kappa shape index (κ1) is 27.9. The van der Waals surface area contributed by atoms with E-state index in [0.717, 1.165) is 11.1 Å². The minimum atomic E-state index is -0.531. The van der Waals surface area contributed by atoms with Gasteiger partial charge < -0.3 is 20.1 Å². The van der Waals surface area contributed by atoms with E-state index in [1.54, 1.807) is 73.4 Å². The van der Waals surface area contributed by atoms with Crippen LogP contribution in [0.2, 0.25) is 0 Å². The standard InChI is InChI=1S/C30H31N3O5/c1-3-37-27(34)17-18-33(20-23-7-5-4-6-8-23)29(35)21(2)19-22-9-11-25(12-10-22)30(36)38-26-15-13-24(14-16-26)28(31)32/h4-16,19H,3,17-18,20H2,1-2H3,(H3,31,32). The van der Waals surface area contributed by atoms with Crippen molar-refractivity contribution >= 4 is 29.8 Å². The Labute approximate surface area is 222 Å². The lowest BCUT2D eigenvalue weighted by atomic mass is 10.1. The molecule has 1 amide bonds. The van der Waals surface area contributed by atoms with Crippen molar-refractivity contribution in [2.24, 2.45) is 5.73 Å². The molecule has 0 aliphatic carbocycles. The van der Waals surface area contributed by atoms with Gasteiger partial charge in [-0.2, -0.15) is 0 Å². The summed E-state index contributed by atoms with van der Waals surface area (Å²) in [5.41, 5.74) is 8.51. The maximum absolute atomic E-state index is 13.3. The number of amides is 1. The highest BCUT2D eigenvalue weighted by Crippen LogP contribution is 2.17. The monoisotopic (exact) mass is 513 g/mol. The Hall–Kier alpha value is -4.72. The third kappa shape index (κ3) is 8.16. The van der Waals surface area contributed by atoms with Crippen LogP contribution in [0.15, 0.2) is 84.4 Å². The van der Waals surface area contributed by atoms with E-state index in [1.165, 1.54) is 0 Å². The van der Waals surface area contributed by atoms with Crippen LogP contribution in [0.25, 0.3) is 6.08 Å². The van der Waals surface area contributed by atoms with Gasteiger partial charge in [-0.05, 0) is 67.4 Å². The summed E-state index contributed by atoms with van der Waals surface area (Å²) in [6.07, 6.45) is 1.84. The largest absolute Gasteiger partial charge is 0.466 e. The molecule has 0 radical (unpaired) electrons. The van der Waals surface area contributed by atoms with Crippen molar-refractivity contribution < 1.29 is 23.9 Å². The van der Waals surface area contributed by atoms with Crippen LogP contribution in [0.4, 0.5) is 0 Å². The highest BCUT2D eigenvalue weighted by molar-refractivity contribution is 5.98. The first-order valence-corrected chi connectivity index (χ1v) is 12.2. The third-order valence-corrected chi connectivity index (χ3v) is 5.64. The normalized spacial score (nSPS) is 10.9. The van der Waals surface area contributed by atoms with Gasteiger partial charge in [0.25, 0.3) is 0 Å². The number of rotatable bonds is 11. The first-order chi connectivity index (χ1) is 18.3. The Kier molecular flexibility index (Phi) is 9.93. The molecule has 0 aliphatic rings. The van der Waals surface area contributed by atoms with Crippen molar-refractivity contribution in [1.29, 1.82) is 5.41 Å². The van der Waals surface area contributed by atoms with Gasteiger partial charge in [-0.15, -0.1) is 0 Å². The number of carbonyl (C=O) groups excluding carboxylic acids is 3. The molecule has 0 fully saturated rings. The number of hydrogen-bond donors (Lipinski definition) is 2. The van der Waals surface area contributed by atoms with E-state index in [2.05, 4.69) is 0 Å². The fourth-order valence-corrected chi connectivity index (χ4v) is 3.66. The molecule has 3 N–H and O–H groups in total. The van der Waals surface area contributed by atoms with Gasteiger partial charge in [0.15, 0.2) is 0 Å². The molecule has 0 heterocycles. The maximum Gasteiger partial charge on any atom is 0.343 e. The van der Waals surface area contributed by atoms with Crippen molar-refractivity contribution in [1.82, 2.24) is 4.90 Å². The second-order valence-electron chi connectivity index (χ2n) is 8.54. The summed E-state index contributed by atoms with van der Waals surface area (Å²) < 4.78 is 10.4. The van der Waals surface area contributed by atoms with Crippen molar-refractivity contribution in [3.8, 4) is 5.75 Å². The average Bonchev–Trinajstić information content (AvgIpc) is 2.92. The zero-order valence-electron chi connectivity index (χ0n) is 21.5. The molecular formula is C30H31N3O5. The van der Waals surface area contributed by atoms with Gasteiger partial charge in [-0.3, -0.25) is 15.0 Å². The van der Waals surface area contributed by atoms with Crippen LogP contribution in [-0.2, 0) is 20.9 Å². The number of hydrogen-bond acceptors (Lipinski definition) is 6. The molecule has 196 valence electrons. The van der Waals surface area contributed by atoms with Gasteiger partial charge in [0, 0.05) is 24.2 Å². The highest BCUT2D eigenvalue weighted by atomic mass is 16.5. The Morgan fingerprint density at radius 3 is 2.16 bits per heavy atom. The summed E-state index contributed by atoms with van der Waals surface area (Å²) in [5.74, 6) is -0.806. The third-order valence-electron chi connectivity index (χ3n) is 5.64. The van der Waals surface area contributed by atoms with Crippen LogP contribution in [0.3, 0.4) is 0 Å². The van der Waals surface area contributed by atoms with Crippen molar-refractivity contribution in [3.05, 3.63) is 107 Å². The summed E-state index contributed by atoms with van der Waals surface area (Å²) in [4.78, 5) is 39.3. The van der Waals surface area contributed by atoms with Crippen LogP contribution in [0, 0.1) is 5.41 Å². The molecule has 3 aromatic carbocycles. The second kappa shape index (κ2) is 13.5. The number of benzene rings is 3. The van der Waals surface area contributed by atoms with E-state index < -0.39 is 5.97 Å². The summed E-state index contributed by atoms with van der Waals surface area (Å²) in [6, 6.07) is 22.6. The number of carbonyl (C=O) groups is 3. The van der Waals surface area contributed by atoms with E-state index in [9.17, 15) is 14.4 Å². The molecular weight excluding hydrogens is 482 g/mol. The van der Waals surface area contributed by atoms with Crippen molar-refractivity contribution in [2.45, 2.75) is 26.8 Å². The summed E-state index contributed by atoms with van der Waals surface area (Å²) >= 11 is 0. The SMILES string of the molecule is CCOC(=O)CCN(Cc1ccccc1)C(=O)C(C)=Cc1ccc(C(=O)Oc2ccc(C(=N)N)cc2)cc1. The quantitative estimate of drug-likeness (QED) is 0.127. The van der Waals surface area contributed by atoms with Crippen molar-refractivity contribution in [2.75, 3.05) is 13.2 Å². The van der Waals surface area contributed by atoms with Gasteiger partial charge in [0.1, 0.15) is 11.6 Å². The number of ether oxygens (including phenoxy) is 2. The molecule has 0 aliphatic heterocycles. The molecule has 0 spiro atoms. The van der Waals surface area contributed by atoms with Gasteiger partial charge in [0.05, 0.1) is 18.6 Å². The zero-order valence-corrected chi connectivity index (χ0v) is 21.5. The summed E-state index contributed by atoms with van der Waals surface area (Å²) in [7, 11) is 0. The fourth-order valence-electron chi connectivity index (χ4n) is 3.66. The summed E-state index contributed by atoms with van der Waals surface area (Å²) in [6.45, 7) is 4.35. The van der Waals surface area contributed by atoms with E-state index in [1.807, 2.05) is 30.3 Å². The van der Waals surface area contributed by atoms with Gasteiger partial charge in [-0.1, -0.05) is 42.5 Å². The van der Waals surface area contributed by atoms with Crippen LogP contribution >= 0.6 is 0 Å². The second-order valence-corrected chi connectivity index (χ2v) is 8.54. The number of nitrogens with two attached hydrogens (primary N) is 1. The fraction of sp³-hybridized carbons (Fsp3) is 0.200. The predicted octanol–water partition coefficient (Wildman–Crippen LogP) is 4.58. The predicted molar refractivity (Wildman–Crippen MR) is 146 cm³/mol. The van der Waals surface area contributed by atoms with Crippen LogP contribution in [0.5, 0.6) is 5.75 Å². The lowest BCUT2D eigenvalue weighted by molar-refractivity contribution is -0.144. The van der Waals surface area contributed by atoms with Crippen molar-refractivity contribution in [3.63, 3.8) is 0 Å². The van der Waals surface area contributed by atoms with Gasteiger partial charge in [0.2, 0.25) is 5.91 Å². The topological polar surface area (TPSA) is 123 Å². The number of nitrogens with one attached hydrogen (secondary N) is 1. The smallest absolute Gasteiger partial charge is 0.343 e. The molecule has 0 saturated carbocycles. The van der Waals surface area contributed by atoms with E-state index >= 15 is 0 Å². The van der Waals surface area contributed by atoms with E-state index in [4.69, 9.17) is 20.6 Å². The van der Waals surface area contributed by atoms with Crippen LogP contribution in [-0.4, -0.2) is 41.7 Å². The van der Waals surface area contributed by atoms with E-state index in [-0.39, 0.29) is 30.7 Å². The number of amidine groups is 1. The first-order valence-electron chi connectivity index (χ1n) is 12.2. The lowest BCUT2D eigenvalue weighted by Crippen LogP contribution is -2.33. The average molecular weight is 514 g/mol. The maximum atomic E-state index is 13.3. The Morgan fingerprint density at radius 2 is 1.55 bits per heavy atom. The lowest BCUT2D eigenvalue weighted by Gasteiger charge is -2.23. The number of nitrogens with zero attached hydrogens (tertiary/aromatic N) is 1. The number of nitrogen functional groups attached to an aromatic ring is 1. The molecule has 0 aromatic heterocycles. The minimum Gasteiger partial charge on any atom is -0.466 e. The molecule has 0 bridgehead atoms. The molecule has 0 unspecified atom stereocenters. The van der Waals surface area contributed by atoms with Gasteiger partial charge in [-0.25, -0.2) is 4.79 Å². The Bertz CT molecular complexity index is 1300. The molecule has 3 aromatic rings. The summed E-state index contributed by atoms with van der Waals surface area (Å²) in [5, 5.41) is 7.43. The number of esters is 2. The van der Waals surface area contributed by atoms with Gasteiger partial charge >= 0.3 is 11.9 Å². The van der Waals surface area contributed by atoms with Crippen LogP contribution in [0.1, 0.15) is 47.3 Å². The van der Waals surface area contributed by atoms with E-state index in [0.29, 0.717) is 35.6 Å².